The number of fused-ring (bicyclic) bond motifs is 1. The Balaban J connectivity index is 1.75. The van der Waals surface area contributed by atoms with Gasteiger partial charge in [0.15, 0.2) is 11.5 Å². The van der Waals surface area contributed by atoms with E-state index in [1.54, 1.807) is 41.1 Å². The number of nitrogens with zero attached hydrogens (tertiary/aromatic N) is 6. The minimum Gasteiger partial charge on any atom is -0.382 e. The molecule has 1 amide bonds. The van der Waals surface area contributed by atoms with Crippen LogP contribution in [0.25, 0.3) is 28.2 Å². The maximum atomic E-state index is 12.6. The van der Waals surface area contributed by atoms with Gasteiger partial charge in [0.2, 0.25) is 0 Å². The lowest BCUT2D eigenvalue weighted by Gasteiger charge is -2.21. The molecule has 4 aromatic rings. The summed E-state index contributed by atoms with van der Waals surface area (Å²) >= 11 is 0. The molecule has 0 spiro atoms. The molecule has 0 aromatic carbocycles. The van der Waals surface area contributed by atoms with Gasteiger partial charge in [-0.25, -0.2) is 14.5 Å². The third-order valence-corrected chi connectivity index (χ3v) is 4.78. The van der Waals surface area contributed by atoms with Crippen molar-refractivity contribution in [2.75, 3.05) is 12.8 Å². The molecule has 4 rings (SSSR count). The lowest BCUT2D eigenvalue weighted by atomic mass is 10.2. The van der Waals surface area contributed by atoms with E-state index in [0.717, 1.165) is 5.56 Å². The average molecular weight is 387 g/mol. The largest absolute Gasteiger partial charge is 0.382 e. The van der Waals surface area contributed by atoms with Gasteiger partial charge in [-0.2, -0.15) is 0 Å². The van der Waals surface area contributed by atoms with Gasteiger partial charge in [-0.3, -0.25) is 9.78 Å². The van der Waals surface area contributed by atoms with Crippen molar-refractivity contribution in [1.29, 1.82) is 0 Å². The second-order valence-electron chi connectivity index (χ2n) is 7.00. The first kappa shape index (κ1) is 18.5. The van der Waals surface area contributed by atoms with Gasteiger partial charge in [0.25, 0.3) is 5.91 Å². The molecule has 0 saturated carbocycles. The van der Waals surface area contributed by atoms with E-state index < -0.39 is 0 Å². The van der Waals surface area contributed by atoms with E-state index in [2.05, 4.69) is 20.1 Å². The summed E-state index contributed by atoms with van der Waals surface area (Å²) < 4.78 is 1.62. The topological polar surface area (TPSA) is 102 Å². The Morgan fingerprint density at radius 1 is 1.10 bits per heavy atom. The van der Waals surface area contributed by atoms with E-state index in [4.69, 9.17) is 5.73 Å². The summed E-state index contributed by atoms with van der Waals surface area (Å²) in [6.07, 6.45) is 5.20. The van der Waals surface area contributed by atoms with Crippen LogP contribution in [0.1, 0.15) is 24.3 Å². The van der Waals surface area contributed by atoms with Gasteiger partial charge in [-0.15, -0.1) is 5.10 Å². The van der Waals surface area contributed by atoms with Crippen LogP contribution in [0.4, 0.5) is 5.82 Å². The Kier molecular flexibility index (Phi) is 4.67. The number of aromatic nitrogens is 5. The second kappa shape index (κ2) is 7.31. The number of nitrogens with two attached hydrogens (primary N) is 1. The molecule has 0 saturated heterocycles. The molecule has 146 valence electrons. The van der Waals surface area contributed by atoms with E-state index in [1.165, 1.54) is 0 Å². The van der Waals surface area contributed by atoms with Crippen LogP contribution < -0.4 is 5.73 Å². The monoisotopic (exact) mass is 387 g/mol. The van der Waals surface area contributed by atoms with Crippen LogP contribution in [0.5, 0.6) is 0 Å². The number of carbonyl (C=O) groups excluding carboxylic acids is 1. The number of amides is 1. The first-order valence-corrected chi connectivity index (χ1v) is 9.25. The summed E-state index contributed by atoms with van der Waals surface area (Å²) in [6, 6.07) is 11.0. The van der Waals surface area contributed by atoms with Crippen LogP contribution in [0.15, 0.2) is 55.0 Å². The summed E-state index contributed by atoms with van der Waals surface area (Å²) in [5.74, 6) is 0.223. The Hall–Kier alpha value is -3.81. The molecular formula is C21H21N7O. The highest BCUT2D eigenvalue weighted by Gasteiger charge is 2.18. The number of carbonyl (C=O) groups is 1. The van der Waals surface area contributed by atoms with Crippen LogP contribution in [-0.2, 0) is 0 Å². The summed E-state index contributed by atoms with van der Waals surface area (Å²) in [4.78, 5) is 27.7. The summed E-state index contributed by atoms with van der Waals surface area (Å²) in [5.41, 5.74) is 9.88. The zero-order chi connectivity index (χ0) is 20.5. The van der Waals surface area contributed by atoms with Gasteiger partial charge >= 0.3 is 0 Å². The predicted molar refractivity (Wildman–Crippen MR) is 111 cm³/mol. The molecule has 29 heavy (non-hydrogen) atoms. The first-order valence-electron chi connectivity index (χ1n) is 9.25. The Bertz CT molecular complexity index is 1180. The number of hydrogen-bond acceptors (Lipinski definition) is 6. The van der Waals surface area contributed by atoms with Crippen molar-refractivity contribution in [3.63, 3.8) is 0 Å². The Morgan fingerprint density at radius 2 is 1.90 bits per heavy atom. The fraction of sp³-hybridized carbons (Fsp3) is 0.190. The molecular weight excluding hydrogens is 366 g/mol. The fourth-order valence-corrected chi connectivity index (χ4v) is 2.97. The molecule has 0 unspecified atom stereocenters. The zero-order valence-electron chi connectivity index (χ0n) is 16.4. The highest BCUT2D eigenvalue weighted by Crippen LogP contribution is 2.28. The van der Waals surface area contributed by atoms with Crippen molar-refractivity contribution >= 4 is 17.4 Å². The smallest absolute Gasteiger partial charge is 0.272 e. The summed E-state index contributed by atoms with van der Waals surface area (Å²) in [7, 11) is 1.76. The lowest BCUT2D eigenvalue weighted by molar-refractivity contribution is 0.0749. The zero-order valence-corrected chi connectivity index (χ0v) is 16.4. The number of anilines is 1. The Morgan fingerprint density at radius 3 is 2.62 bits per heavy atom. The molecule has 0 aliphatic heterocycles. The van der Waals surface area contributed by atoms with E-state index in [9.17, 15) is 4.79 Å². The Labute approximate surface area is 168 Å². The molecule has 0 fully saturated rings. The standard InChI is InChI=1S/C21H21N7O/c1-13(2)27(3)21(29)17-9-6-8-15(25-17)14-11-24-20-18(16-7-4-5-10-23-16)19(22)26-28(20)12-14/h4-13H,1-3H3,(H2,22,26). The van der Waals surface area contributed by atoms with Crippen molar-refractivity contribution in [3.05, 3.63) is 60.7 Å². The molecule has 4 heterocycles. The van der Waals surface area contributed by atoms with Gasteiger partial charge in [0, 0.05) is 37.2 Å². The molecule has 8 nitrogen and oxygen atoms in total. The van der Waals surface area contributed by atoms with Crippen molar-refractivity contribution < 1.29 is 4.79 Å². The van der Waals surface area contributed by atoms with Gasteiger partial charge in [-0.1, -0.05) is 12.1 Å². The van der Waals surface area contributed by atoms with Gasteiger partial charge in [0.05, 0.1) is 17.0 Å². The van der Waals surface area contributed by atoms with Crippen LogP contribution in [-0.4, -0.2) is 48.5 Å². The molecule has 0 atom stereocenters. The van der Waals surface area contributed by atoms with Crippen molar-refractivity contribution in [2.45, 2.75) is 19.9 Å². The molecule has 8 heteroatoms. The predicted octanol–water partition coefficient (Wildman–Crippen LogP) is 2.92. The summed E-state index contributed by atoms with van der Waals surface area (Å²) in [5, 5.41) is 4.37. The van der Waals surface area contributed by atoms with E-state index in [-0.39, 0.29) is 11.9 Å². The minimum absolute atomic E-state index is 0.0861. The maximum Gasteiger partial charge on any atom is 0.272 e. The van der Waals surface area contributed by atoms with Gasteiger partial charge in [0.1, 0.15) is 5.69 Å². The first-order chi connectivity index (χ1) is 14.0. The van der Waals surface area contributed by atoms with Crippen molar-refractivity contribution in [2.24, 2.45) is 0 Å². The SMILES string of the molecule is CC(C)N(C)C(=O)c1cccc(-c2cnc3c(-c4ccccn4)c(N)nn3c2)n1. The van der Waals surface area contributed by atoms with Crippen molar-refractivity contribution in [3.8, 4) is 22.5 Å². The number of pyridine rings is 2. The normalized spacial score (nSPS) is 11.2. The third kappa shape index (κ3) is 3.40. The van der Waals surface area contributed by atoms with E-state index in [0.29, 0.717) is 34.1 Å². The lowest BCUT2D eigenvalue weighted by Crippen LogP contribution is -2.33. The molecule has 4 aromatic heterocycles. The summed E-state index contributed by atoms with van der Waals surface area (Å²) in [6.45, 7) is 3.92. The number of rotatable bonds is 4. The van der Waals surface area contributed by atoms with Crippen molar-refractivity contribution in [1.82, 2.24) is 29.5 Å². The van der Waals surface area contributed by atoms with E-state index >= 15 is 0 Å². The van der Waals surface area contributed by atoms with Crippen LogP contribution in [0.2, 0.25) is 0 Å². The quantitative estimate of drug-likeness (QED) is 0.578. The third-order valence-electron chi connectivity index (χ3n) is 4.78. The highest BCUT2D eigenvalue weighted by atomic mass is 16.2. The second-order valence-corrected chi connectivity index (χ2v) is 7.00. The molecule has 0 aliphatic carbocycles. The maximum absolute atomic E-state index is 12.6. The highest BCUT2D eigenvalue weighted by molar-refractivity contribution is 5.93. The molecule has 0 bridgehead atoms. The van der Waals surface area contributed by atoms with Gasteiger partial charge in [-0.05, 0) is 38.1 Å². The van der Waals surface area contributed by atoms with Crippen LogP contribution in [0, 0.1) is 0 Å². The van der Waals surface area contributed by atoms with Crippen LogP contribution >= 0.6 is 0 Å². The molecule has 2 N–H and O–H groups in total. The fourth-order valence-electron chi connectivity index (χ4n) is 2.97. The number of nitrogen functional groups attached to an aromatic ring is 1. The van der Waals surface area contributed by atoms with E-state index in [1.807, 2.05) is 44.2 Å². The molecule has 0 radical (unpaired) electrons. The molecule has 0 aliphatic rings. The average Bonchev–Trinajstić information content (AvgIpc) is 3.08. The number of hydrogen-bond donors (Lipinski definition) is 1. The van der Waals surface area contributed by atoms with Gasteiger partial charge < -0.3 is 10.6 Å². The minimum atomic E-state index is -0.128. The van der Waals surface area contributed by atoms with Crippen LogP contribution in [0.3, 0.4) is 0 Å².